The van der Waals surface area contributed by atoms with Crippen LogP contribution in [0.1, 0.15) is 46.5 Å². The highest BCUT2D eigenvalue weighted by molar-refractivity contribution is 4.81. The molecule has 3 heteroatoms. The smallest absolute Gasteiger partial charge is 0.176 e. The third kappa shape index (κ3) is 2.89. The van der Waals surface area contributed by atoms with Gasteiger partial charge in [-0.05, 0) is 46.5 Å². The molecule has 70 valence electrons. The van der Waals surface area contributed by atoms with Crippen LogP contribution in [0.15, 0.2) is 10.2 Å². The molecule has 0 saturated heterocycles. The fourth-order valence-corrected chi connectivity index (χ4v) is 1.28. The molecule has 0 spiro atoms. The van der Waals surface area contributed by atoms with Crippen molar-refractivity contribution in [1.82, 2.24) is 0 Å². The summed E-state index contributed by atoms with van der Waals surface area (Å²) in [5, 5.41) is 17.9. The Morgan fingerprint density at radius 2 is 1.67 bits per heavy atom. The quantitative estimate of drug-likeness (QED) is 0.604. The van der Waals surface area contributed by atoms with Crippen LogP contribution in [0.2, 0.25) is 0 Å². The van der Waals surface area contributed by atoms with Crippen molar-refractivity contribution in [2.45, 2.75) is 57.7 Å². The van der Waals surface area contributed by atoms with E-state index in [4.69, 9.17) is 0 Å². The Bertz CT molecular complexity index is 175. The third-order valence-electron chi connectivity index (χ3n) is 1.94. The van der Waals surface area contributed by atoms with Crippen LogP contribution in [0.25, 0.3) is 0 Å². The first-order valence-electron chi connectivity index (χ1n) is 4.58. The summed E-state index contributed by atoms with van der Waals surface area (Å²) in [5.41, 5.74) is -1.01. The van der Waals surface area contributed by atoms with Crippen molar-refractivity contribution in [3.63, 3.8) is 0 Å². The largest absolute Gasteiger partial charge is 0.368 e. The molecule has 1 saturated carbocycles. The average molecular weight is 170 g/mol. The minimum Gasteiger partial charge on any atom is -0.368 e. The summed E-state index contributed by atoms with van der Waals surface area (Å²) in [6.45, 7) is 5.94. The summed E-state index contributed by atoms with van der Waals surface area (Å²) in [4.78, 5) is 0. The van der Waals surface area contributed by atoms with E-state index in [2.05, 4.69) is 10.2 Å². The van der Waals surface area contributed by atoms with Crippen molar-refractivity contribution < 1.29 is 5.11 Å². The van der Waals surface area contributed by atoms with E-state index in [-0.39, 0.29) is 5.54 Å². The van der Waals surface area contributed by atoms with Gasteiger partial charge in [0, 0.05) is 0 Å². The number of rotatable bonds is 1. The molecule has 0 unspecified atom stereocenters. The van der Waals surface area contributed by atoms with Gasteiger partial charge < -0.3 is 5.11 Å². The number of hydrogen-bond donors (Lipinski definition) is 1. The minimum absolute atomic E-state index is 0.168. The zero-order valence-corrected chi connectivity index (χ0v) is 8.17. The molecule has 1 rings (SSSR count). The second-order valence-corrected chi connectivity index (χ2v) is 4.56. The van der Waals surface area contributed by atoms with Crippen LogP contribution in [-0.2, 0) is 0 Å². The molecule has 1 aliphatic carbocycles. The van der Waals surface area contributed by atoms with Crippen LogP contribution in [0.4, 0.5) is 0 Å². The molecule has 1 fully saturated rings. The predicted molar refractivity (Wildman–Crippen MR) is 48.0 cm³/mol. The number of hydrogen-bond acceptors (Lipinski definition) is 3. The zero-order chi connectivity index (χ0) is 9.24. The molecule has 12 heavy (non-hydrogen) atoms. The molecule has 0 aromatic carbocycles. The summed E-state index contributed by atoms with van der Waals surface area (Å²) >= 11 is 0. The number of aliphatic hydroxyl groups is 1. The monoisotopic (exact) mass is 170 g/mol. The van der Waals surface area contributed by atoms with Crippen LogP contribution in [0.5, 0.6) is 0 Å². The van der Waals surface area contributed by atoms with E-state index < -0.39 is 5.72 Å². The van der Waals surface area contributed by atoms with Crippen LogP contribution < -0.4 is 0 Å². The van der Waals surface area contributed by atoms with Gasteiger partial charge in [0.2, 0.25) is 0 Å². The molecule has 0 atom stereocenters. The van der Waals surface area contributed by atoms with Crippen molar-refractivity contribution in [1.29, 1.82) is 0 Å². The Kier molecular flexibility index (Phi) is 2.52. The van der Waals surface area contributed by atoms with Gasteiger partial charge in [-0.15, -0.1) is 0 Å². The molecule has 0 aliphatic heterocycles. The predicted octanol–water partition coefficient (Wildman–Crippen LogP) is 2.50. The van der Waals surface area contributed by atoms with Crippen molar-refractivity contribution in [3.05, 3.63) is 0 Å². The van der Waals surface area contributed by atoms with Gasteiger partial charge in [0.1, 0.15) is 0 Å². The minimum atomic E-state index is -0.840. The Labute approximate surface area is 73.9 Å². The second-order valence-electron chi connectivity index (χ2n) is 4.56. The zero-order valence-electron chi connectivity index (χ0n) is 8.17. The van der Waals surface area contributed by atoms with Gasteiger partial charge in [0.25, 0.3) is 0 Å². The lowest BCUT2D eigenvalue weighted by molar-refractivity contribution is 0.0465. The summed E-state index contributed by atoms with van der Waals surface area (Å²) in [5.74, 6) is 0. The van der Waals surface area contributed by atoms with Gasteiger partial charge in [-0.3, -0.25) is 0 Å². The van der Waals surface area contributed by atoms with Crippen molar-refractivity contribution in [3.8, 4) is 0 Å². The molecule has 1 N–H and O–H groups in total. The molecular formula is C9H18N2O. The van der Waals surface area contributed by atoms with Gasteiger partial charge in [-0.25, -0.2) is 0 Å². The fraction of sp³-hybridized carbons (Fsp3) is 1.00. The molecule has 0 amide bonds. The van der Waals surface area contributed by atoms with E-state index in [1.54, 1.807) is 0 Å². The maximum atomic E-state index is 9.79. The fourth-order valence-electron chi connectivity index (χ4n) is 1.28. The Balaban J connectivity index is 2.54. The molecular weight excluding hydrogens is 152 g/mol. The van der Waals surface area contributed by atoms with E-state index in [0.29, 0.717) is 0 Å². The summed E-state index contributed by atoms with van der Waals surface area (Å²) in [6.07, 6.45) is 3.68. The van der Waals surface area contributed by atoms with E-state index in [1.165, 1.54) is 0 Å². The molecule has 0 aromatic heterocycles. The van der Waals surface area contributed by atoms with Gasteiger partial charge in [0.05, 0.1) is 5.54 Å². The Hall–Kier alpha value is -0.440. The lowest BCUT2D eigenvalue weighted by Gasteiger charge is -2.17. The highest BCUT2D eigenvalue weighted by atomic mass is 16.3. The second kappa shape index (κ2) is 3.13. The van der Waals surface area contributed by atoms with Crippen LogP contribution in [0, 0.1) is 0 Å². The maximum absolute atomic E-state index is 9.79. The first-order valence-corrected chi connectivity index (χ1v) is 4.58. The highest BCUT2D eigenvalue weighted by Crippen LogP contribution is 2.31. The van der Waals surface area contributed by atoms with Crippen molar-refractivity contribution in [2.75, 3.05) is 0 Å². The Morgan fingerprint density at radius 1 is 1.17 bits per heavy atom. The number of nitrogens with zero attached hydrogens (tertiary/aromatic N) is 2. The first kappa shape index (κ1) is 9.65. The molecule has 0 radical (unpaired) electrons. The lowest BCUT2D eigenvalue weighted by Crippen LogP contribution is -2.21. The SMILES string of the molecule is CC(C)(C)/N=N/C1(O)CCCC1. The van der Waals surface area contributed by atoms with Crippen LogP contribution in [0.3, 0.4) is 0 Å². The van der Waals surface area contributed by atoms with Crippen molar-refractivity contribution in [2.24, 2.45) is 10.2 Å². The van der Waals surface area contributed by atoms with E-state index in [0.717, 1.165) is 25.7 Å². The average Bonchev–Trinajstić information content (AvgIpc) is 2.32. The molecule has 0 bridgehead atoms. The molecule has 1 aliphatic rings. The van der Waals surface area contributed by atoms with Gasteiger partial charge >= 0.3 is 0 Å². The van der Waals surface area contributed by atoms with E-state index >= 15 is 0 Å². The third-order valence-corrected chi connectivity index (χ3v) is 1.94. The normalized spacial score (nSPS) is 23.7. The Morgan fingerprint density at radius 3 is 2.08 bits per heavy atom. The first-order chi connectivity index (χ1) is 5.41. The van der Waals surface area contributed by atoms with Gasteiger partial charge in [-0.1, -0.05) is 0 Å². The summed E-state index contributed by atoms with van der Waals surface area (Å²) in [6, 6.07) is 0. The summed E-state index contributed by atoms with van der Waals surface area (Å²) < 4.78 is 0. The molecule has 3 nitrogen and oxygen atoms in total. The van der Waals surface area contributed by atoms with Crippen LogP contribution in [-0.4, -0.2) is 16.4 Å². The van der Waals surface area contributed by atoms with Gasteiger partial charge in [0.15, 0.2) is 5.72 Å². The molecule has 0 aromatic rings. The topological polar surface area (TPSA) is 45.0 Å². The number of azo groups is 1. The van der Waals surface area contributed by atoms with Gasteiger partial charge in [-0.2, -0.15) is 10.2 Å². The van der Waals surface area contributed by atoms with E-state index in [9.17, 15) is 5.11 Å². The molecule has 0 heterocycles. The lowest BCUT2D eigenvalue weighted by atomic mass is 10.1. The maximum Gasteiger partial charge on any atom is 0.176 e. The summed E-state index contributed by atoms with van der Waals surface area (Å²) in [7, 11) is 0. The van der Waals surface area contributed by atoms with Crippen LogP contribution >= 0.6 is 0 Å². The van der Waals surface area contributed by atoms with E-state index in [1.807, 2.05) is 20.8 Å². The standard InChI is InChI=1S/C9H18N2O/c1-8(2,3)10-11-9(12)6-4-5-7-9/h12H,4-7H2,1-3H3/b11-10+. The highest BCUT2D eigenvalue weighted by Gasteiger charge is 2.31. The van der Waals surface area contributed by atoms with Crippen molar-refractivity contribution >= 4 is 0 Å².